The van der Waals surface area contributed by atoms with E-state index in [0.717, 1.165) is 22.0 Å². The van der Waals surface area contributed by atoms with Gasteiger partial charge in [0.2, 0.25) is 0 Å². The molecule has 2 heterocycles. The van der Waals surface area contributed by atoms with Crippen molar-refractivity contribution in [3.63, 3.8) is 0 Å². The Morgan fingerprint density at radius 3 is 3.05 bits per heavy atom. The highest BCUT2D eigenvalue weighted by molar-refractivity contribution is 7.15. The van der Waals surface area contributed by atoms with E-state index in [1.165, 1.54) is 5.56 Å². The number of aromatic nitrogens is 2. The van der Waals surface area contributed by atoms with Gasteiger partial charge in [-0.25, -0.2) is 4.98 Å². The quantitative estimate of drug-likeness (QED) is 0.801. The van der Waals surface area contributed by atoms with Crippen LogP contribution in [-0.2, 0) is 6.61 Å². The lowest BCUT2D eigenvalue weighted by Crippen LogP contribution is -2.08. The first-order valence-corrected chi connectivity index (χ1v) is 7.41. The number of hydrogen-bond donors (Lipinski definition) is 1. The van der Waals surface area contributed by atoms with Crippen LogP contribution in [0.15, 0.2) is 36.0 Å². The summed E-state index contributed by atoms with van der Waals surface area (Å²) in [6.45, 7) is 4.48. The summed E-state index contributed by atoms with van der Waals surface area (Å²) in [4.78, 5) is 5.49. The molecule has 0 saturated carbocycles. The number of hydrogen-bond acceptors (Lipinski definition) is 4. The van der Waals surface area contributed by atoms with Crippen molar-refractivity contribution in [1.82, 2.24) is 9.38 Å². The average molecular weight is 287 g/mol. The number of ether oxygens (including phenoxy) is 1. The molecule has 1 aromatic carbocycles. The van der Waals surface area contributed by atoms with Gasteiger partial charge in [-0.2, -0.15) is 0 Å². The zero-order valence-electron chi connectivity index (χ0n) is 11.5. The number of benzene rings is 1. The largest absolute Gasteiger partial charge is 0.487 e. The van der Waals surface area contributed by atoms with Gasteiger partial charge in [0.1, 0.15) is 12.4 Å². The van der Waals surface area contributed by atoms with Crippen LogP contribution in [0.5, 0.6) is 5.75 Å². The lowest BCUT2D eigenvalue weighted by Gasteiger charge is -2.14. The molecule has 0 fully saturated rings. The second-order valence-corrected chi connectivity index (χ2v) is 5.82. The number of aryl methyl sites for hydroxylation is 1. The maximum atomic E-state index is 6.00. The molecule has 1 unspecified atom stereocenters. The van der Waals surface area contributed by atoms with Gasteiger partial charge < -0.3 is 10.5 Å². The van der Waals surface area contributed by atoms with Crippen molar-refractivity contribution in [1.29, 1.82) is 0 Å². The molecule has 0 bridgehead atoms. The summed E-state index contributed by atoms with van der Waals surface area (Å²) in [5.74, 6) is 0.835. The normalized spacial score (nSPS) is 12.8. The van der Waals surface area contributed by atoms with Crippen LogP contribution < -0.4 is 10.5 Å². The van der Waals surface area contributed by atoms with Crippen LogP contribution in [0.4, 0.5) is 0 Å². The SMILES string of the molecule is Cc1ccc(OCc2cn3ccsc3n2)c(C(C)N)c1. The van der Waals surface area contributed by atoms with Gasteiger partial charge in [0, 0.05) is 29.4 Å². The Bertz CT molecular complexity index is 701. The van der Waals surface area contributed by atoms with Gasteiger partial charge in [0.15, 0.2) is 4.96 Å². The van der Waals surface area contributed by atoms with E-state index in [1.807, 2.05) is 41.2 Å². The first kappa shape index (κ1) is 13.1. The molecule has 0 aliphatic rings. The number of thiazole rings is 1. The Labute approximate surface area is 121 Å². The second kappa shape index (κ2) is 5.26. The highest BCUT2D eigenvalue weighted by Gasteiger charge is 2.10. The molecule has 2 aromatic heterocycles. The zero-order chi connectivity index (χ0) is 14.1. The van der Waals surface area contributed by atoms with E-state index >= 15 is 0 Å². The molecule has 4 nitrogen and oxygen atoms in total. The minimum atomic E-state index is -0.0459. The van der Waals surface area contributed by atoms with Gasteiger partial charge in [0.25, 0.3) is 0 Å². The fourth-order valence-electron chi connectivity index (χ4n) is 2.15. The summed E-state index contributed by atoms with van der Waals surface area (Å²) in [5.41, 5.74) is 9.14. The number of nitrogens with two attached hydrogens (primary N) is 1. The smallest absolute Gasteiger partial charge is 0.193 e. The Morgan fingerprint density at radius 2 is 2.30 bits per heavy atom. The van der Waals surface area contributed by atoms with Crippen molar-refractivity contribution >= 4 is 16.3 Å². The van der Waals surface area contributed by atoms with Crippen LogP contribution in [0.3, 0.4) is 0 Å². The van der Waals surface area contributed by atoms with Crippen molar-refractivity contribution in [2.45, 2.75) is 26.5 Å². The summed E-state index contributed by atoms with van der Waals surface area (Å²) in [6.07, 6.45) is 3.99. The molecule has 0 amide bonds. The zero-order valence-corrected chi connectivity index (χ0v) is 12.4. The first-order chi connectivity index (χ1) is 9.63. The van der Waals surface area contributed by atoms with Gasteiger partial charge in [-0.15, -0.1) is 11.3 Å². The predicted molar refractivity (Wildman–Crippen MR) is 81.2 cm³/mol. The van der Waals surface area contributed by atoms with E-state index in [-0.39, 0.29) is 6.04 Å². The predicted octanol–water partition coefficient (Wildman–Crippen LogP) is 3.30. The molecule has 104 valence electrons. The van der Waals surface area contributed by atoms with Crippen LogP contribution in [0.25, 0.3) is 4.96 Å². The van der Waals surface area contributed by atoms with Gasteiger partial charge in [-0.1, -0.05) is 17.7 Å². The lowest BCUT2D eigenvalue weighted by molar-refractivity contribution is 0.297. The van der Waals surface area contributed by atoms with Crippen molar-refractivity contribution < 1.29 is 4.74 Å². The average Bonchev–Trinajstić information content (AvgIpc) is 2.97. The molecule has 5 heteroatoms. The molecule has 3 aromatic rings. The van der Waals surface area contributed by atoms with Crippen LogP contribution in [0, 0.1) is 6.92 Å². The molecule has 0 aliphatic heterocycles. The third-order valence-electron chi connectivity index (χ3n) is 3.17. The first-order valence-electron chi connectivity index (χ1n) is 6.53. The molecular weight excluding hydrogens is 270 g/mol. The van der Waals surface area contributed by atoms with Gasteiger partial charge in [-0.05, 0) is 19.9 Å². The van der Waals surface area contributed by atoms with Crippen LogP contribution >= 0.6 is 11.3 Å². The van der Waals surface area contributed by atoms with Crippen molar-refractivity contribution in [3.8, 4) is 5.75 Å². The summed E-state index contributed by atoms with van der Waals surface area (Å²) in [5, 5.41) is 2.02. The van der Waals surface area contributed by atoms with Crippen LogP contribution in [-0.4, -0.2) is 9.38 Å². The van der Waals surface area contributed by atoms with Gasteiger partial charge >= 0.3 is 0 Å². The fraction of sp³-hybridized carbons (Fsp3) is 0.267. The van der Waals surface area contributed by atoms with E-state index in [4.69, 9.17) is 10.5 Å². The highest BCUT2D eigenvalue weighted by atomic mass is 32.1. The van der Waals surface area contributed by atoms with E-state index in [0.29, 0.717) is 6.61 Å². The Balaban J connectivity index is 1.79. The lowest BCUT2D eigenvalue weighted by atomic mass is 10.1. The number of fused-ring (bicyclic) bond motifs is 1. The molecule has 0 saturated heterocycles. The highest BCUT2D eigenvalue weighted by Crippen LogP contribution is 2.26. The van der Waals surface area contributed by atoms with E-state index in [2.05, 4.69) is 18.0 Å². The maximum Gasteiger partial charge on any atom is 0.193 e. The Hall–Kier alpha value is -1.85. The third kappa shape index (κ3) is 2.55. The molecule has 20 heavy (non-hydrogen) atoms. The number of rotatable bonds is 4. The molecule has 1 atom stereocenters. The molecule has 3 rings (SSSR count). The summed E-state index contributed by atoms with van der Waals surface area (Å²) < 4.78 is 7.89. The second-order valence-electron chi connectivity index (χ2n) is 4.94. The number of nitrogens with zero attached hydrogens (tertiary/aromatic N) is 2. The van der Waals surface area contributed by atoms with Crippen LogP contribution in [0.2, 0.25) is 0 Å². The molecule has 2 N–H and O–H groups in total. The molecule has 0 radical (unpaired) electrons. The summed E-state index contributed by atoms with van der Waals surface area (Å²) in [6, 6.07) is 6.04. The summed E-state index contributed by atoms with van der Waals surface area (Å²) >= 11 is 1.62. The van der Waals surface area contributed by atoms with Crippen molar-refractivity contribution in [3.05, 3.63) is 52.8 Å². The molecule has 0 spiro atoms. The van der Waals surface area contributed by atoms with Gasteiger partial charge in [-0.3, -0.25) is 4.40 Å². The fourth-order valence-corrected chi connectivity index (χ4v) is 2.87. The minimum absolute atomic E-state index is 0.0459. The summed E-state index contributed by atoms with van der Waals surface area (Å²) in [7, 11) is 0. The standard InChI is InChI=1S/C15H17N3OS/c1-10-3-4-14(13(7-10)11(2)16)19-9-12-8-18-5-6-20-15(18)17-12/h3-8,11H,9,16H2,1-2H3. The topological polar surface area (TPSA) is 52.5 Å². The van der Waals surface area contributed by atoms with E-state index in [9.17, 15) is 0 Å². The third-order valence-corrected chi connectivity index (χ3v) is 3.95. The maximum absolute atomic E-state index is 6.00. The monoisotopic (exact) mass is 287 g/mol. The van der Waals surface area contributed by atoms with Gasteiger partial charge in [0.05, 0.1) is 5.69 Å². The Morgan fingerprint density at radius 1 is 1.45 bits per heavy atom. The molecular formula is C15H17N3OS. The van der Waals surface area contributed by atoms with Crippen molar-refractivity contribution in [2.24, 2.45) is 5.73 Å². The minimum Gasteiger partial charge on any atom is -0.487 e. The van der Waals surface area contributed by atoms with Crippen molar-refractivity contribution in [2.75, 3.05) is 0 Å². The van der Waals surface area contributed by atoms with E-state index in [1.54, 1.807) is 11.3 Å². The Kier molecular flexibility index (Phi) is 3.46. The van der Waals surface area contributed by atoms with Crippen LogP contribution in [0.1, 0.15) is 29.8 Å². The molecule has 0 aliphatic carbocycles. The number of imidazole rings is 1. The van der Waals surface area contributed by atoms with E-state index < -0.39 is 0 Å².